The number of nitrogens with zero attached hydrogens (tertiary/aromatic N) is 2. The van der Waals surface area contributed by atoms with Gasteiger partial charge in [-0.05, 0) is 25.1 Å². The van der Waals surface area contributed by atoms with Gasteiger partial charge in [-0.15, -0.1) is 0 Å². The number of nitrogens with one attached hydrogen (secondary N) is 2. The number of carboxylic acid groups (broad SMARTS) is 1. The van der Waals surface area contributed by atoms with Gasteiger partial charge in [0.25, 0.3) is 11.6 Å². The van der Waals surface area contributed by atoms with Crippen LogP contribution in [-0.4, -0.2) is 71.0 Å². The van der Waals surface area contributed by atoms with Gasteiger partial charge in [-0.2, -0.15) is 11.8 Å². The fraction of sp³-hybridized carbons (Fsp3) is 0.529. The average molecular weight is 396 g/mol. The number of hydrogen-bond donors (Lipinski definition) is 3. The summed E-state index contributed by atoms with van der Waals surface area (Å²) in [7, 11) is 0. The van der Waals surface area contributed by atoms with Crippen molar-refractivity contribution >= 4 is 35.0 Å². The molecule has 1 fully saturated rings. The van der Waals surface area contributed by atoms with E-state index in [2.05, 4.69) is 15.5 Å². The molecule has 148 valence electrons. The van der Waals surface area contributed by atoms with Crippen molar-refractivity contribution in [3.63, 3.8) is 0 Å². The minimum atomic E-state index is -1.02. The van der Waals surface area contributed by atoms with Gasteiger partial charge in [-0.25, -0.2) is 0 Å². The highest BCUT2D eigenvalue weighted by Gasteiger charge is 2.18. The molecule has 0 unspecified atom stereocenters. The minimum absolute atomic E-state index is 0.0308. The predicted octanol–water partition coefficient (Wildman–Crippen LogP) is 1.65. The summed E-state index contributed by atoms with van der Waals surface area (Å²) in [6.45, 7) is 3.68. The molecule has 0 spiro atoms. The molecule has 27 heavy (non-hydrogen) atoms. The third-order valence-corrected chi connectivity index (χ3v) is 5.09. The van der Waals surface area contributed by atoms with E-state index < -0.39 is 16.8 Å². The zero-order valence-electron chi connectivity index (χ0n) is 15.0. The number of anilines is 1. The van der Waals surface area contributed by atoms with Gasteiger partial charge >= 0.3 is 5.97 Å². The van der Waals surface area contributed by atoms with Gasteiger partial charge in [0.1, 0.15) is 5.69 Å². The molecular formula is C17H24N4O5S. The van der Waals surface area contributed by atoms with Gasteiger partial charge in [0, 0.05) is 49.3 Å². The molecule has 1 aliphatic rings. The van der Waals surface area contributed by atoms with E-state index in [-0.39, 0.29) is 24.2 Å². The monoisotopic (exact) mass is 396 g/mol. The molecular weight excluding hydrogens is 372 g/mol. The van der Waals surface area contributed by atoms with Gasteiger partial charge in [0.15, 0.2) is 0 Å². The van der Waals surface area contributed by atoms with Crippen molar-refractivity contribution in [2.24, 2.45) is 0 Å². The lowest BCUT2D eigenvalue weighted by molar-refractivity contribution is -0.384. The summed E-state index contributed by atoms with van der Waals surface area (Å²) in [4.78, 5) is 35.7. The Balaban J connectivity index is 1.89. The van der Waals surface area contributed by atoms with Crippen LogP contribution in [0.2, 0.25) is 0 Å². The number of benzene rings is 1. The molecule has 0 aromatic heterocycles. The number of thioether (sulfide) groups is 1. The van der Waals surface area contributed by atoms with Crippen LogP contribution >= 0.6 is 11.8 Å². The van der Waals surface area contributed by atoms with E-state index in [9.17, 15) is 19.7 Å². The Labute approximate surface area is 161 Å². The van der Waals surface area contributed by atoms with Crippen LogP contribution in [0.1, 0.15) is 23.2 Å². The Kier molecular flexibility index (Phi) is 8.34. The second kappa shape index (κ2) is 10.7. The molecule has 1 saturated heterocycles. The van der Waals surface area contributed by atoms with Crippen LogP contribution in [0.15, 0.2) is 18.2 Å². The normalized spacial score (nSPS) is 14.5. The van der Waals surface area contributed by atoms with Crippen molar-refractivity contribution < 1.29 is 19.6 Å². The van der Waals surface area contributed by atoms with Crippen molar-refractivity contribution in [1.29, 1.82) is 0 Å². The van der Waals surface area contributed by atoms with E-state index in [1.807, 2.05) is 11.8 Å². The molecule has 1 amide bonds. The number of carboxylic acids is 1. The number of aliphatic carboxylic acids is 1. The Morgan fingerprint density at radius 1 is 1.26 bits per heavy atom. The minimum Gasteiger partial charge on any atom is -0.481 e. The maximum absolute atomic E-state index is 12.0. The maximum Gasteiger partial charge on any atom is 0.305 e. The molecule has 0 radical (unpaired) electrons. The summed E-state index contributed by atoms with van der Waals surface area (Å²) in [5.41, 5.74) is 0.329. The third kappa shape index (κ3) is 7.06. The van der Waals surface area contributed by atoms with Gasteiger partial charge < -0.3 is 20.6 Å². The Hall–Kier alpha value is -2.33. The second-order valence-electron chi connectivity index (χ2n) is 6.12. The molecule has 1 heterocycles. The maximum atomic E-state index is 12.0. The van der Waals surface area contributed by atoms with Crippen molar-refractivity contribution in [2.75, 3.05) is 49.5 Å². The summed E-state index contributed by atoms with van der Waals surface area (Å²) < 4.78 is 0. The van der Waals surface area contributed by atoms with E-state index in [0.717, 1.165) is 37.6 Å². The number of nitro groups is 1. The molecule has 2 rings (SSSR count). The zero-order valence-corrected chi connectivity index (χ0v) is 15.8. The number of carbonyl (C=O) groups is 2. The largest absolute Gasteiger partial charge is 0.481 e. The number of rotatable bonds is 10. The molecule has 3 N–H and O–H groups in total. The molecule has 1 aliphatic heterocycles. The van der Waals surface area contributed by atoms with Gasteiger partial charge in [0.05, 0.1) is 11.3 Å². The summed E-state index contributed by atoms with van der Waals surface area (Å²) in [5, 5.41) is 25.4. The topological polar surface area (TPSA) is 125 Å². The van der Waals surface area contributed by atoms with Crippen LogP contribution in [0, 0.1) is 10.1 Å². The number of nitro benzene ring substituents is 1. The lowest BCUT2D eigenvalue weighted by atomic mass is 10.1. The lowest BCUT2D eigenvalue weighted by Crippen LogP contribution is -2.34. The first-order valence-electron chi connectivity index (χ1n) is 8.80. The first kappa shape index (κ1) is 21.0. The van der Waals surface area contributed by atoms with Crippen molar-refractivity contribution in [1.82, 2.24) is 10.2 Å². The Morgan fingerprint density at radius 3 is 2.67 bits per heavy atom. The van der Waals surface area contributed by atoms with Gasteiger partial charge in [0.2, 0.25) is 0 Å². The Bertz CT molecular complexity index is 679. The highest BCUT2D eigenvalue weighted by Crippen LogP contribution is 2.25. The van der Waals surface area contributed by atoms with Crippen molar-refractivity contribution in [3.8, 4) is 0 Å². The second-order valence-corrected chi connectivity index (χ2v) is 7.35. The Morgan fingerprint density at radius 2 is 2.00 bits per heavy atom. The first-order valence-corrected chi connectivity index (χ1v) is 9.95. The van der Waals surface area contributed by atoms with Crippen molar-refractivity contribution in [3.05, 3.63) is 33.9 Å². The van der Waals surface area contributed by atoms with E-state index in [4.69, 9.17) is 5.11 Å². The standard InChI is InChI=1S/C17H24N4O5S/c22-16(23)4-6-19-17(24)13-2-3-14(15(12-13)21(25)26)18-5-1-7-20-8-10-27-11-9-20/h2-3,12,18H,1,4-11H2,(H,19,24)(H,22,23). The first-order chi connectivity index (χ1) is 13.0. The van der Waals surface area contributed by atoms with Crippen LogP contribution < -0.4 is 10.6 Å². The highest BCUT2D eigenvalue weighted by atomic mass is 32.2. The molecule has 0 atom stereocenters. The van der Waals surface area contributed by atoms with Crippen LogP contribution in [0.3, 0.4) is 0 Å². The van der Waals surface area contributed by atoms with Crippen LogP contribution in [-0.2, 0) is 4.79 Å². The summed E-state index contributed by atoms with van der Waals surface area (Å²) in [6.07, 6.45) is 0.669. The molecule has 0 saturated carbocycles. The molecule has 0 aliphatic carbocycles. The van der Waals surface area contributed by atoms with E-state index >= 15 is 0 Å². The number of amides is 1. The molecule has 0 bridgehead atoms. The molecule has 9 nitrogen and oxygen atoms in total. The average Bonchev–Trinajstić information content (AvgIpc) is 2.65. The van der Waals surface area contributed by atoms with Gasteiger partial charge in [-0.1, -0.05) is 0 Å². The fourth-order valence-electron chi connectivity index (χ4n) is 2.71. The fourth-order valence-corrected chi connectivity index (χ4v) is 3.69. The quantitative estimate of drug-likeness (QED) is 0.310. The smallest absolute Gasteiger partial charge is 0.305 e. The molecule has 1 aromatic rings. The number of hydrogen-bond acceptors (Lipinski definition) is 7. The highest BCUT2D eigenvalue weighted by molar-refractivity contribution is 7.99. The molecule has 10 heteroatoms. The third-order valence-electron chi connectivity index (χ3n) is 4.15. The molecule has 1 aromatic carbocycles. The van der Waals surface area contributed by atoms with E-state index in [1.54, 1.807) is 0 Å². The van der Waals surface area contributed by atoms with Crippen LogP contribution in [0.4, 0.5) is 11.4 Å². The summed E-state index contributed by atoms with van der Waals surface area (Å²) >= 11 is 1.96. The van der Waals surface area contributed by atoms with Gasteiger partial charge in [-0.3, -0.25) is 19.7 Å². The van der Waals surface area contributed by atoms with Crippen LogP contribution in [0.25, 0.3) is 0 Å². The summed E-state index contributed by atoms with van der Waals surface area (Å²) in [6, 6.07) is 4.22. The van der Waals surface area contributed by atoms with Crippen molar-refractivity contribution in [2.45, 2.75) is 12.8 Å². The lowest BCUT2D eigenvalue weighted by Gasteiger charge is -2.26. The van der Waals surface area contributed by atoms with E-state index in [1.165, 1.54) is 18.2 Å². The predicted molar refractivity (Wildman–Crippen MR) is 105 cm³/mol. The zero-order chi connectivity index (χ0) is 19.6. The van der Waals surface area contributed by atoms with Crippen LogP contribution in [0.5, 0.6) is 0 Å². The SMILES string of the molecule is O=C(O)CCNC(=O)c1ccc(NCCCN2CCSCC2)c([N+](=O)[O-])c1. The van der Waals surface area contributed by atoms with E-state index in [0.29, 0.717) is 12.2 Å². The number of carbonyl (C=O) groups excluding carboxylic acids is 1. The summed E-state index contributed by atoms with van der Waals surface area (Å²) in [5.74, 6) is 0.738.